The molecule has 2 N–H and O–H groups in total. The molecule has 1 fully saturated rings. The van der Waals surface area contributed by atoms with E-state index in [-0.39, 0.29) is 0 Å². The van der Waals surface area contributed by atoms with Crippen molar-refractivity contribution >= 4 is 0 Å². The van der Waals surface area contributed by atoms with E-state index in [2.05, 4.69) is 37.1 Å². The van der Waals surface area contributed by atoms with Crippen LogP contribution in [0.4, 0.5) is 0 Å². The summed E-state index contributed by atoms with van der Waals surface area (Å²) >= 11 is 0. The summed E-state index contributed by atoms with van der Waals surface area (Å²) in [5.41, 5.74) is 7.30. The molecule has 1 aliphatic rings. The molecule has 2 atom stereocenters. The van der Waals surface area contributed by atoms with Crippen molar-refractivity contribution in [3.63, 3.8) is 0 Å². The Balaban J connectivity index is 2.24. The van der Waals surface area contributed by atoms with Crippen LogP contribution >= 0.6 is 0 Å². The molecule has 0 saturated carbocycles. The van der Waals surface area contributed by atoms with Crippen LogP contribution in [0.15, 0.2) is 12.4 Å². The van der Waals surface area contributed by atoms with E-state index in [1.807, 2.05) is 10.9 Å². The Hall–Kier alpha value is -0.870. The molecule has 2 heterocycles. The largest absolute Gasteiger partial charge is 0.330 e. The second kappa shape index (κ2) is 5.85. The highest BCUT2D eigenvalue weighted by molar-refractivity contribution is 5.13. The lowest BCUT2D eigenvalue weighted by Gasteiger charge is -2.31. The van der Waals surface area contributed by atoms with E-state index >= 15 is 0 Å². The summed E-state index contributed by atoms with van der Waals surface area (Å²) in [4.78, 5) is 2.45. The van der Waals surface area contributed by atoms with Crippen molar-refractivity contribution in [2.45, 2.75) is 45.2 Å². The average Bonchev–Trinajstić information content (AvgIpc) is 2.74. The molecule has 1 aliphatic heterocycles. The Morgan fingerprint density at radius 2 is 2.22 bits per heavy atom. The molecule has 18 heavy (non-hydrogen) atoms. The molecule has 2 unspecified atom stereocenters. The standard InChI is InChI=1S/C14H26N4/c1-11(2)18-10-13(9-16-18)14-12(8-15)6-4-5-7-17(14)3/h9-12,14H,4-8,15H2,1-3H3. The lowest BCUT2D eigenvalue weighted by molar-refractivity contribution is 0.196. The lowest BCUT2D eigenvalue weighted by atomic mass is 9.91. The van der Waals surface area contributed by atoms with Crippen LogP contribution < -0.4 is 5.73 Å². The summed E-state index contributed by atoms with van der Waals surface area (Å²) in [6, 6.07) is 0.858. The molecule has 2 rings (SSSR count). The highest BCUT2D eigenvalue weighted by atomic mass is 15.3. The predicted octanol–water partition coefficient (Wildman–Crippen LogP) is 2.20. The smallest absolute Gasteiger partial charge is 0.0537 e. The summed E-state index contributed by atoms with van der Waals surface area (Å²) < 4.78 is 2.04. The van der Waals surface area contributed by atoms with E-state index in [4.69, 9.17) is 5.73 Å². The molecular formula is C14H26N4. The fraction of sp³-hybridized carbons (Fsp3) is 0.786. The summed E-state index contributed by atoms with van der Waals surface area (Å²) in [6.07, 6.45) is 8.02. The Morgan fingerprint density at radius 1 is 1.44 bits per heavy atom. The van der Waals surface area contributed by atoms with Gasteiger partial charge in [-0.1, -0.05) is 6.42 Å². The third kappa shape index (κ3) is 2.75. The van der Waals surface area contributed by atoms with Crippen molar-refractivity contribution < 1.29 is 0 Å². The van der Waals surface area contributed by atoms with Gasteiger partial charge in [0.1, 0.15) is 0 Å². The van der Waals surface area contributed by atoms with Crippen LogP contribution in [0.1, 0.15) is 50.8 Å². The number of likely N-dealkylation sites (tertiary alicyclic amines) is 1. The maximum absolute atomic E-state index is 5.98. The van der Waals surface area contributed by atoms with E-state index in [0.29, 0.717) is 18.0 Å². The van der Waals surface area contributed by atoms with Crippen LogP contribution in [0.3, 0.4) is 0 Å². The van der Waals surface area contributed by atoms with Crippen LogP contribution in [0.2, 0.25) is 0 Å². The van der Waals surface area contributed by atoms with Gasteiger partial charge in [0.15, 0.2) is 0 Å². The minimum atomic E-state index is 0.422. The minimum absolute atomic E-state index is 0.422. The lowest BCUT2D eigenvalue weighted by Crippen LogP contribution is -2.32. The molecule has 4 nitrogen and oxygen atoms in total. The first-order valence-corrected chi connectivity index (χ1v) is 7.08. The van der Waals surface area contributed by atoms with Crippen molar-refractivity contribution in [3.05, 3.63) is 18.0 Å². The number of nitrogens with zero attached hydrogens (tertiary/aromatic N) is 3. The van der Waals surface area contributed by atoms with Gasteiger partial charge in [-0.15, -0.1) is 0 Å². The Morgan fingerprint density at radius 3 is 2.83 bits per heavy atom. The quantitative estimate of drug-likeness (QED) is 0.894. The summed E-state index contributed by atoms with van der Waals surface area (Å²) in [5, 5.41) is 4.47. The molecule has 0 radical (unpaired) electrons. The van der Waals surface area contributed by atoms with Gasteiger partial charge in [-0.05, 0) is 52.7 Å². The molecule has 0 amide bonds. The normalized spacial score (nSPS) is 26.5. The summed E-state index contributed by atoms with van der Waals surface area (Å²) in [7, 11) is 2.21. The molecule has 0 spiro atoms. The summed E-state index contributed by atoms with van der Waals surface area (Å²) in [6.45, 7) is 6.25. The average molecular weight is 250 g/mol. The van der Waals surface area contributed by atoms with E-state index < -0.39 is 0 Å². The predicted molar refractivity (Wildman–Crippen MR) is 74.4 cm³/mol. The van der Waals surface area contributed by atoms with Gasteiger partial charge in [-0.3, -0.25) is 9.58 Å². The van der Waals surface area contributed by atoms with Gasteiger partial charge in [-0.25, -0.2) is 0 Å². The first-order valence-electron chi connectivity index (χ1n) is 7.08. The van der Waals surface area contributed by atoms with Gasteiger partial charge in [0.2, 0.25) is 0 Å². The Labute approximate surface area is 110 Å². The van der Waals surface area contributed by atoms with Crippen LogP contribution in [-0.4, -0.2) is 34.8 Å². The van der Waals surface area contributed by atoms with Crippen molar-refractivity contribution in [3.8, 4) is 0 Å². The zero-order valence-corrected chi connectivity index (χ0v) is 11.8. The molecule has 1 aromatic rings. The fourth-order valence-electron chi connectivity index (χ4n) is 2.99. The molecular weight excluding hydrogens is 224 g/mol. The Bertz CT molecular complexity index is 372. The molecule has 0 aromatic carbocycles. The molecule has 1 aromatic heterocycles. The minimum Gasteiger partial charge on any atom is -0.330 e. The van der Waals surface area contributed by atoms with Gasteiger partial charge < -0.3 is 5.73 Å². The molecule has 0 bridgehead atoms. The van der Waals surface area contributed by atoms with E-state index in [9.17, 15) is 0 Å². The van der Waals surface area contributed by atoms with Gasteiger partial charge in [0.25, 0.3) is 0 Å². The number of rotatable bonds is 3. The van der Waals surface area contributed by atoms with Gasteiger partial charge >= 0.3 is 0 Å². The van der Waals surface area contributed by atoms with Gasteiger partial charge in [-0.2, -0.15) is 5.10 Å². The van der Waals surface area contributed by atoms with Crippen molar-refractivity contribution in [1.29, 1.82) is 0 Å². The molecule has 1 saturated heterocycles. The van der Waals surface area contributed by atoms with Crippen molar-refractivity contribution in [2.75, 3.05) is 20.1 Å². The maximum atomic E-state index is 5.98. The van der Waals surface area contributed by atoms with Crippen LogP contribution in [0.5, 0.6) is 0 Å². The zero-order chi connectivity index (χ0) is 13.1. The highest BCUT2D eigenvalue weighted by Gasteiger charge is 2.29. The van der Waals surface area contributed by atoms with Gasteiger partial charge in [0, 0.05) is 23.8 Å². The SMILES string of the molecule is CC(C)n1cc(C2C(CN)CCCCN2C)cn1. The fourth-order valence-corrected chi connectivity index (χ4v) is 2.99. The van der Waals surface area contributed by atoms with E-state index in [1.165, 1.54) is 24.8 Å². The first kappa shape index (κ1) is 13.6. The number of hydrogen-bond acceptors (Lipinski definition) is 3. The van der Waals surface area contributed by atoms with E-state index in [0.717, 1.165) is 13.1 Å². The number of nitrogens with two attached hydrogens (primary N) is 1. The third-order valence-electron chi connectivity index (χ3n) is 4.05. The Kier molecular flexibility index (Phi) is 4.40. The molecule has 4 heteroatoms. The molecule has 102 valence electrons. The van der Waals surface area contributed by atoms with E-state index in [1.54, 1.807) is 0 Å². The summed E-state index contributed by atoms with van der Waals surface area (Å²) in [5.74, 6) is 0.558. The second-order valence-electron chi connectivity index (χ2n) is 5.76. The van der Waals surface area contributed by atoms with Gasteiger partial charge in [0.05, 0.1) is 6.20 Å². The van der Waals surface area contributed by atoms with Crippen LogP contribution in [0.25, 0.3) is 0 Å². The molecule has 0 aliphatic carbocycles. The van der Waals surface area contributed by atoms with Crippen molar-refractivity contribution in [1.82, 2.24) is 14.7 Å². The van der Waals surface area contributed by atoms with Crippen molar-refractivity contribution in [2.24, 2.45) is 11.7 Å². The number of hydrogen-bond donors (Lipinski definition) is 1. The van der Waals surface area contributed by atoms with Crippen LogP contribution in [0, 0.1) is 5.92 Å². The second-order valence-corrected chi connectivity index (χ2v) is 5.76. The van der Waals surface area contributed by atoms with Crippen LogP contribution in [-0.2, 0) is 0 Å². The zero-order valence-electron chi connectivity index (χ0n) is 11.8. The highest BCUT2D eigenvalue weighted by Crippen LogP contribution is 2.33. The maximum Gasteiger partial charge on any atom is 0.0537 e. The first-order chi connectivity index (χ1) is 8.63. The monoisotopic (exact) mass is 250 g/mol. The third-order valence-corrected chi connectivity index (χ3v) is 4.05. The topological polar surface area (TPSA) is 47.1 Å². The number of aromatic nitrogens is 2.